The van der Waals surface area contributed by atoms with Gasteiger partial charge in [0.1, 0.15) is 0 Å². The van der Waals surface area contributed by atoms with Crippen molar-refractivity contribution in [2.24, 2.45) is 0 Å². The van der Waals surface area contributed by atoms with Crippen LogP contribution >= 0.6 is 11.3 Å². The Morgan fingerprint density at radius 1 is 0.968 bits per heavy atom. The van der Waals surface area contributed by atoms with Crippen LogP contribution in [0.25, 0.3) is 0 Å². The minimum absolute atomic E-state index is 0.0770. The highest BCUT2D eigenvalue weighted by atomic mass is 32.1. The predicted octanol–water partition coefficient (Wildman–Crippen LogP) is 4.50. The van der Waals surface area contributed by atoms with Crippen molar-refractivity contribution in [3.63, 3.8) is 0 Å². The largest absolute Gasteiger partial charge is 0.371 e. The third-order valence-electron chi connectivity index (χ3n) is 5.43. The Balaban J connectivity index is 1.46. The van der Waals surface area contributed by atoms with Crippen molar-refractivity contribution < 1.29 is 9.59 Å². The molecule has 1 aliphatic heterocycles. The van der Waals surface area contributed by atoms with Gasteiger partial charge < -0.3 is 15.5 Å². The lowest BCUT2D eigenvalue weighted by molar-refractivity contribution is -0.115. The van der Waals surface area contributed by atoms with Crippen LogP contribution in [0.5, 0.6) is 0 Å². The van der Waals surface area contributed by atoms with Gasteiger partial charge in [-0.25, -0.2) is 0 Å². The van der Waals surface area contributed by atoms with Crippen LogP contribution in [0.15, 0.2) is 66.0 Å². The summed E-state index contributed by atoms with van der Waals surface area (Å²) in [4.78, 5) is 28.7. The van der Waals surface area contributed by atoms with Crippen LogP contribution in [0.3, 0.4) is 0 Å². The molecule has 0 spiro atoms. The number of nitrogens with one attached hydrogen (secondary N) is 2. The number of hydrogen-bond acceptors (Lipinski definition) is 4. The summed E-state index contributed by atoms with van der Waals surface area (Å²) in [6.07, 6.45) is 3.38. The first-order valence-corrected chi connectivity index (χ1v) is 11.6. The van der Waals surface area contributed by atoms with Gasteiger partial charge in [0.15, 0.2) is 0 Å². The Kier molecular flexibility index (Phi) is 6.99. The van der Waals surface area contributed by atoms with Crippen LogP contribution < -0.4 is 15.5 Å². The van der Waals surface area contributed by atoms with Gasteiger partial charge >= 0.3 is 0 Å². The number of anilines is 2. The lowest BCUT2D eigenvalue weighted by atomic mass is 10.1. The van der Waals surface area contributed by atoms with Crippen molar-refractivity contribution in [1.29, 1.82) is 0 Å². The first kappa shape index (κ1) is 21.1. The van der Waals surface area contributed by atoms with Crippen molar-refractivity contribution in [3.05, 3.63) is 82.0 Å². The van der Waals surface area contributed by atoms with Crippen molar-refractivity contribution >= 4 is 34.5 Å². The molecule has 1 aromatic heterocycles. The lowest BCUT2D eigenvalue weighted by Crippen LogP contribution is -2.29. The summed E-state index contributed by atoms with van der Waals surface area (Å²) < 4.78 is 0. The monoisotopic (exact) mass is 433 g/mol. The molecule has 2 amide bonds. The predicted molar refractivity (Wildman–Crippen MR) is 127 cm³/mol. The number of hydrogen-bond donors (Lipinski definition) is 2. The molecule has 0 unspecified atom stereocenters. The lowest BCUT2D eigenvalue weighted by Gasteiger charge is -2.22. The Hall–Kier alpha value is -3.12. The molecule has 0 saturated carbocycles. The highest BCUT2D eigenvalue weighted by molar-refractivity contribution is 7.10. The van der Waals surface area contributed by atoms with E-state index in [4.69, 9.17) is 0 Å². The van der Waals surface area contributed by atoms with E-state index in [1.54, 1.807) is 17.4 Å². The number of benzene rings is 2. The maximum absolute atomic E-state index is 13.1. The van der Waals surface area contributed by atoms with E-state index >= 15 is 0 Å². The molecular formula is C25H27N3O2S. The van der Waals surface area contributed by atoms with Crippen LogP contribution in [0.4, 0.5) is 11.4 Å². The van der Waals surface area contributed by atoms with Crippen LogP contribution in [-0.2, 0) is 17.6 Å². The number of rotatable bonds is 8. The molecular weight excluding hydrogens is 406 g/mol. The highest BCUT2D eigenvalue weighted by Gasteiger charge is 2.20. The van der Waals surface area contributed by atoms with Gasteiger partial charge in [-0.1, -0.05) is 36.4 Å². The molecule has 0 aliphatic carbocycles. The summed E-state index contributed by atoms with van der Waals surface area (Å²) in [6, 6.07) is 19.7. The van der Waals surface area contributed by atoms with Crippen molar-refractivity contribution in [2.75, 3.05) is 29.9 Å². The Labute approximate surface area is 187 Å². The van der Waals surface area contributed by atoms with Crippen LogP contribution in [-0.4, -0.2) is 31.4 Å². The third kappa shape index (κ3) is 5.73. The minimum atomic E-state index is -0.104. The molecule has 6 heteroatoms. The fourth-order valence-corrected chi connectivity index (χ4v) is 4.57. The van der Waals surface area contributed by atoms with E-state index in [0.717, 1.165) is 42.9 Å². The summed E-state index contributed by atoms with van der Waals surface area (Å²) in [5.41, 5.74) is 3.39. The number of nitrogens with zero attached hydrogens (tertiary/aromatic N) is 1. The third-order valence-corrected chi connectivity index (χ3v) is 6.31. The first-order chi connectivity index (χ1) is 15.2. The van der Waals surface area contributed by atoms with Gasteiger partial charge in [0.25, 0.3) is 5.91 Å². The van der Waals surface area contributed by atoms with Crippen LogP contribution in [0.2, 0.25) is 0 Å². The summed E-state index contributed by atoms with van der Waals surface area (Å²) in [6.45, 7) is 2.47. The smallest absolute Gasteiger partial charge is 0.253 e. The summed E-state index contributed by atoms with van der Waals surface area (Å²) in [5, 5.41) is 7.96. The second-order valence-corrected chi connectivity index (χ2v) is 8.75. The molecule has 1 aliphatic rings. The maximum Gasteiger partial charge on any atom is 0.253 e. The van der Waals surface area contributed by atoms with E-state index < -0.39 is 0 Å². The van der Waals surface area contributed by atoms with Gasteiger partial charge in [-0.2, -0.15) is 0 Å². The van der Waals surface area contributed by atoms with Crippen molar-refractivity contribution in [2.45, 2.75) is 25.7 Å². The molecule has 0 radical (unpaired) electrons. The maximum atomic E-state index is 13.1. The molecule has 31 heavy (non-hydrogen) atoms. The molecule has 0 bridgehead atoms. The zero-order valence-electron chi connectivity index (χ0n) is 17.5. The average Bonchev–Trinajstić information content (AvgIpc) is 3.49. The number of amides is 2. The second-order valence-electron chi connectivity index (χ2n) is 7.72. The summed E-state index contributed by atoms with van der Waals surface area (Å²) in [5.74, 6) is -0.181. The molecule has 2 N–H and O–H groups in total. The Morgan fingerprint density at radius 3 is 2.52 bits per heavy atom. The quantitative estimate of drug-likeness (QED) is 0.550. The van der Waals surface area contributed by atoms with Gasteiger partial charge in [-0.05, 0) is 54.5 Å². The fourth-order valence-electron chi connectivity index (χ4n) is 3.87. The van der Waals surface area contributed by atoms with Gasteiger partial charge in [0.05, 0.1) is 12.0 Å². The summed E-state index contributed by atoms with van der Waals surface area (Å²) >= 11 is 1.56. The molecule has 0 atom stereocenters. The Bertz CT molecular complexity index is 1010. The fraction of sp³-hybridized carbons (Fsp3) is 0.280. The van der Waals surface area contributed by atoms with Crippen molar-refractivity contribution in [3.8, 4) is 0 Å². The summed E-state index contributed by atoms with van der Waals surface area (Å²) in [7, 11) is 0. The van der Waals surface area contributed by atoms with E-state index in [-0.39, 0.29) is 11.8 Å². The van der Waals surface area contributed by atoms with E-state index in [1.807, 2.05) is 47.8 Å². The van der Waals surface area contributed by atoms with E-state index in [0.29, 0.717) is 24.2 Å². The number of thiophene rings is 1. The first-order valence-electron chi connectivity index (χ1n) is 10.7. The van der Waals surface area contributed by atoms with Crippen molar-refractivity contribution in [1.82, 2.24) is 5.32 Å². The van der Waals surface area contributed by atoms with E-state index in [2.05, 4.69) is 27.7 Å². The molecule has 5 nitrogen and oxygen atoms in total. The molecule has 3 aromatic rings. The Morgan fingerprint density at radius 2 is 1.77 bits per heavy atom. The minimum Gasteiger partial charge on any atom is -0.371 e. The van der Waals surface area contributed by atoms with Gasteiger partial charge in [-0.3, -0.25) is 9.59 Å². The van der Waals surface area contributed by atoms with E-state index in [1.165, 1.54) is 5.56 Å². The van der Waals surface area contributed by atoms with Gasteiger partial charge in [0.2, 0.25) is 5.91 Å². The van der Waals surface area contributed by atoms with Gasteiger partial charge in [-0.15, -0.1) is 11.3 Å². The number of carbonyl (C=O) groups excluding carboxylic acids is 2. The molecule has 1 saturated heterocycles. The number of carbonyl (C=O) groups is 2. The standard InChI is InChI=1S/C25H27N3O2S/c29-24(18-21-9-6-16-31-21)27-20-10-11-23(28-14-4-5-15-28)22(17-20)25(30)26-13-12-19-7-2-1-3-8-19/h1-3,6-11,16-17H,4-5,12-15,18H2,(H,26,30)(H,27,29). The molecule has 2 heterocycles. The zero-order valence-corrected chi connectivity index (χ0v) is 18.3. The normalized spacial score (nSPS) is 13.2. The second kappa shape index (κ2) is 10.3. The van der Waals surface area contributed by atoms with E-state index in [9.17, 15) is 9.59 Å². The average molecular weight is 434 g/mol. The van der Waals surface area contributed by atoms with Gasteiger partial charge in [0, 0.05) is 35.9 Å². The highest BCUT2D eigenvalue weighted by Crippen LogP contribution is 2.28. The molecule has 4 rings (SSSR count). The molecule has 1 fully saturated rings. The van der Waals surface area contributed by atoms with Crippen LogP contribution in [0.1, 0.15) is 33.6 Å². The van der Waals surface area contributed by atoms with Crippen LogP contribution in [0, 0.1) is 0 Å². The molecule has 160 valence electrons. The zero-order chi connectivity index (χ0) is 21.5. The SMILES string of the molecule is O=C(Cc1cccs1)Nc1ccc(N2CCCC2)c(C(=O)NCCc2ccccc2)c1. The topological polar surface area (TPSA) is 61.4 Å². The molecule has 2 aromatic carbocycles.